The number of ether oxygens (including phenoxy) is 1. The van der Waals surface area contributed by atoms with Gasteiger partial charge < -0.3 is 10.9 Å². The van der Waals surface area contributed by atoms with Crippen LogP contribution in [0.2, 0.25) is 0 Å². The summed E-state index contributed by atoms with van der Waals surface area (Å²) in [5.74, 6) is -0.109. The SMILES string of the molecule is N.O=C(OC1CC2CC1C1CCCC21)C(F)(F)F. The molecule has 3 nitrogen and oxygen atoms in total. The Balaban J connectivity index is 0.00000120. The number of rotatable bonds is 1. The van der Waals surface area contributed by atoms with Crippen molar-refractivity contribution in [2.24, 2.45) is 23.7 Å². The van der Waals surface area contributed by atoms with Crippen LogP contribution < -0.4 is 6.15 Å². The molecule has 3 aliphatic rings. The fourth-order valence-electron chi connectivity index (χ4n) is 4.34. The maximum absolute atomic E-state index is 12.1. The Morgan fingerprint density at radius 1 is 1.06 bits per heavy atom. The lowest BCUT2D eigenvalue weighted by Gasteiger charge is -2.31. The molecule has 0 amide bonds. The summed E-state index contributed by atoms with van der Waals surface area (Å²) in [4.78, 5) is 10.8. The molecule has 5 unspecified atom stereocenters. The zero-order valence-electron chi connectivity index (χ0n) is 10.1. The molecule has 6 heteroatoms. The van der Waals surface area contributed by atoms with Crippen LogP contribution in [0.25, 0.3) is 0 Å². The number of hydrogen-bond acceptors (Lipinski definition) is 3. The van der Waals surface area contributed by atoms with E-state index in [-0.39, 0.29) is 12.1 Å². The van der Waals surface area contributed by atoms with Gasteiger partial charge in [-0.05, 0) is 49.4 Å². The van der Waals surface area contributed by atoms with Crippen LogP contribution in [-0.4, -0.2) is 18.2 Å². The van der Waals surface area contributed by atoms with E-state index in [0.717, 1.165) is 12.8 Å². The van der Waals surface area contributed by atoms with Gasteiger partial charge in [0.2, 0.25) is 0 Å². The average molecular weight is 265 g/mol. The van der Waals surface area contributed by atoms with E-state index in [4.69, 9.17) is 0 Å². The highest BCUT2D eigenvalue weighted by molar-refractivity contribution is 5.75. The van der Waals surface area contributed by atoms with Crippen LogP contribution in [0.5, 0.6) is 0 Å². The van der Waals surface area contributed by atoms with Crippen molar-refractivity contribution >= 4 is 5.97 Å². The maximum Gasteiger partial charge on any atom is 0.490 e. The Morgan fingerprint density at radius 3 is 2.39 bits per heavy atom. The largest absolute Gasteiger partial charge is 0.490 e. The van der Waals surface area contributed by atoms with Crippen LogP contribution in [-0.2, 0) is 9.53 Å². The third-order valence-corrected chi connectivity index (χ3v) is 4.86. The van der Waals surface area contributed by atoms with Crippen molar-refractivity contribution in [2.75, 3.05) is 0 Å². The van der Waals surface area contributed by atoms with Gasteiger partial charge in [0, 0.05) is 0 Å². The smallest absolute Gasteiger partial charge is 0.455 e. The van der Waals surface area contributed by atoms with E-state index in [1.165, 1.54) is 12.8 Å². The number of fused-ring (bicyclic) bond motifs is 5. The summed E-state index contributed by atoms with van der Waals surface area (Å²) >= 11 is 0. The van der Waals surface area contributed by atoms with Crippen molar-refractivity contribution in [2.45, 2.75) is 44.4 Å². The molecular weight excluding hydrogens is 247 g/mol. The number of halogens is 3. The molecule has 5 atom stereocenters. The molecule has 104 valence electrons. The monoisotopic (exact) mass is 265 g/mol. The first kappa shape index (κ1) is 13.6. The Kier molecular flexibility index (Phi) is 3.34. The molecule has 2 bridgehead atoms. The molecule has 3 aliphatic carbocycles. The van der Waals surface area contributed by atoms with Gasteiger partial charge in [-0.1, -0.05) is 6.42 Å². The average Bonchev–Trinajstić information content (AvgIpc) is 2.85. The molecule has 0 spiro atoms. The summed E-state index contributed by atoms with van der Waals surface area (Å²) in [6.45, 7) is 0. The number of alkyl halides is 3. The number of esters is 1. The highest BCUT2D eigenvalue weighted by Crippen LogP contribution is 2.59. The molecule has 18 heavy (non-hydrogen) atoms. The van der Waals surface area contributed by atoms with Crippen molar-refractivity contribution in [3.05, 3.63) is 0 Å². The van der Waals surface area contributed by atoms with Gasteiger partial charge in [-0.25, -0.2) is 4.79 Å². The predicted molar refractivity (Wildman–Crippen MR) is 58.0 cm³/mol. The van der Waals surface area contributed by atoms with Gasteiger partial charge in [0.15, 0.2) is 0 Å². The zero-order chi connectivity index (χ0) is 12.2. The van der Waals surface area contributed by atoms with Crippen LogP contribution >= 0.6 is 0 Å². The van der Waals surface area contributed by atoms with Crippen molar-refractivity contribution in [1.82, 2.24) is 6.15 Å². The lowest BCUT2D eigenvalue weighted by Crippen LogP contribution is -2.36. The summed E-state index contributed by atoms with van der Waals surface area (Å²) in [6, 6.07) is 0. The number of carbonyl (C=O) groups is 1. The van der Waals surface area contributed by atoms with Crippen molar-refractivity contribution in [3.63, 3.8) is 0 Å². The third kappa shape index (κ3) is 2.00. The molecule has 0 aliphatic heterocycles. The molecular formula is C12H18F3NO2. The first-order valence-electron chi connectivity index (χ1n) is 6.24. The minimum atomic E-state index is -4.85. The highest BCUT2D eigenvalue weighted by Gasteiger charge is 2.56. The molecule has 3 N–H and O–H groups in total. The molecule has 0 heterocycles. The van der Waals surface area contributed by atoms with E-state index in [0.29, 0.717) is 24.2 Å². The Hall–Kier alpha value is -0.780. The molecule has 3 rings (SSSR count). The Bertz CT molecular complexity index is 345. The van der Waals surface area contributed by atoms with E-state index < -0.39 is 18.2 Å². The fourth-order valence-corrected chi connectivity index (χ4v) is 4.34. The molecule has 0 aromatic heterocycles. The normalized spacial score (nSPS) is 41.4. The highest BCUT2D eigenvalue weighted by atomic mass is 19.4. The summed E-state index contributed by atoms with van der Waals surface area (Å²) < 4.78 is 41.1. The third-order valence-electron chi connectivity index (χ3n) is 4.86. The van der Waals surface area contributed by atoms with E-state index in [9.17, 15) is 18.0 Å². The van der Waals surface area contributed by atoms with Gasteiger partial charge in [0.25, 0.3) is 0 Å². The van der Waals surface area contributed by atoms with E-state index in [2.05, 4.69) is 4.74 Å². The molecule has 0 aromatic carbocycles. The zero-order valence-corrected chi connectivity index (χ0v) is 10.1. The van der Waals surface area contributed by atoms with E-state index >= 15 is 0 Å². The molecule has 0 radical (unpaired) electrons. The topological polar surface area (TPSA) is 61.3 Å². The molecule has 0 saturated heterocycles. The number of hydrogen-bond donors (Lipinski definition) is 1. The molecule has 3 saturated carbocycles. The Morgan fingerprint density at radius 2 is 1.72 bits per heavy atom. The second-order valence-electron chi connectivity index (χ2n) is 5.60. The summed E-state index contributed by atoms with van der Waals surface area (Å²) in [7, 11) is 0. The number of carbonyl (C=O) groups excluding carboxylic acids is 1. The quantitative estimate of drug-likeness (QED) is 0.741. The van der Waals surface area contributed by atoms with Crippen LogP contribution in [0, 0.1) is 23.7 Å². The molecule has 0 aromatic rings. The van der Waals surface area contributed by atoms with Gasteiger partial charge in [-0.3, -0.25) is 0 Å². The second kappa shape index (κ2) is 4.40. The minimum Gasteiger partial charge on any atom is -0.455 e. The Labute approximate surface area is 104 Å². The van der Waals surface area contributed by atoms with Crippen LogP contribution in [0.3, 0.4) is 0 Å². The first-order chi connectivity index (χ1) is 7.97. The van der Waals surface area contributed by atoms with Crippen LogP contribution in [0.4, 0.5) is 13.2 Å². The van der Waals surface area contributed by atoms with Gasteiger partial charge >= 0.3 is 12.1 Å². The van der Waals surface area contributed by atoms with Crippen molar-refractivity contribution in [1.29, 1.82) is 0 Å². The van der Waals surface area contributed by atoms with Gasteiger partial charge in [-0.2, -0.15) is 13.2 Å². The fraction of sp³-hybridized carbons (Fsp3) is 0.917. The van der Waals surface area contributed by atoms with E-state index in [1.54, 1.807) is 0 Å². The second-order valence-corrected chi connectivity index (χ2v) is 5.60. The summed E-state index contributed by atoms with van der Waals surface area (Å²) in [6.07, 6.45) is -0.219. The summed E-state index contributed by atoms with van der Waals surface area (Å²) in [5, 5.41) is 0. The van der Waals surface area contributed by atoms with Gasteiger partial charge in [0.05, 0.1) is 0 Å². The van der Waals surface area contributed by atoms with Crippen LogP contribution in [0.1, 0.15) is 32.1 Å². The van der Waals surface area contributed by atoms with E-state index in [1.807, 2.05) is 0 Å². The first-order valence-corrected chi connectivity index (χ1v) is 6.24. The predicted octanol–water partition coefficient (Wildman–Crippen LogP) is 3.08. The lowest BCUT2D eigenvalue weighted by molar-refractivity contribution is -0.208. The van der Waals surface area contributed by atoms with Crippen molar-refractivity contribution < 1.29 is 22.7 Å². The van der Waals surface area contributed by atoms with Crippen LogP contribution in [0.15, 0.2) is 0 Å². The van der Waals surface area contributed by atoms with Crippen molar-refractivity contribution in [3.8, 4) is 0 Å². The minimum absolute atomic E-state index is 0. The van der Waals surface area contributed by atoms with Gasteiger partial charge in [0.1, 0.15) is 6.10 Å². The standard InChI is InChI=1S/C12H15F3O2.H3N/c13-12(14,15)11(16)17-10-5-6-4-9(10)8-3-1-2-7(6)8;/h6-10H,1-5H2;1H3. The maximum atomic E-state index is 12.1. The summed E-state index contributed by atoms with van der Waals surface area (Å²) in [5.41, 5.74) is 0. The molecule has 3 fully saturated rings. The lowest BCUT2D eigenvalue weighted by atomic mass is 9.80. The van der Waals surface area contributed by atoms with Gasteiger partial charge in [-0.15, -0.1) is 0 Å².